The molecule has 164 valence electrons. The van der Waals surface area contributed by atoms with Crippen LogP contribution in [0.4, 0.5) is 0 Å². The third kappa shape index (κ3) is 3.59. The highest BCUT2D eigenvalue weighted by Gasteiger charge is 2.22. The smallest absolute Gasteiger partial charge is 0.317 e. The number of rotatable bonds is 5. The maximum atomic E-state index is 13.7. The van der Waals surface area contributed by atoms with Crippen LogP contribution in [0.1, 0.15) is 29.7 Å². The molecule has 2 heterocycles. The first-order valence-electron chi connectivity index (χ1n) is 10.9. The van der Waals surface area contributed by atoms with Crippen LogP contribution in [0, 0.1) is 6.92 Å². The average molecular weight is 437 g/mol. The van der Waals surface area contributed by atoms with Gasteiger partial charge in [0.15, 0.2) is 11.2 Å². The van der Waals surface area contributed by atoms with Gasteiger partial charge in [-0.15, -0.1) is 0 Å². The van der Waals surface area contributed by atoms with Gasteiger partial charge in [0.2, 0.25) is 0 Å². The van der Waals surface area contributed by atoms with Gasteiger partial charge in [0.1, 0.15) is 0 Å². The Balaban J connectivity index is 1.82. The Kier molecular flexibility index (Phi) is 5.26. The second-order valence-electron chi connectivity index (χ2n) is 8.19. The molecule has 2 aromatic heterocycles. The lowest BCUT2D eigenvalue weighted by Crippen LogP contribution is -2.40. The van der Waals surface area contributed by atoms with E-state index in [2.05, 4.69) is 4.98 Å². The standard InChI is InChI=1S/C27H24N4O2/c1-19-11-9-10-16-23(19)31-25-24(30(18-28-25)20(2)22-14-7-4-8-15-22)26(32)29(27(31)33)17-21-12-5-3-6-13-21/h3-16,18,20H,17H2,1-2H3/t20-/m0/s1. The summed E-state index contributed by atoms with van der Waals surface area (Å²) in [6, 6.07) is 27.0. The van der Waals surface area contributed by atoms with Crippen molar-refractivity contribution >= 4 is 11.2 Å². The fourth-order valence-electron chi connectivity index (χ4n) is 4.27. The quantitative estimate of drug-likeness (QED) is 0.412. The molecular formula is C27H24N4O2. The van der Waals surface area contributed by atoms with Crippen LogP contribution in [0.5, 0.6) is 0 Å². The zero-order valence-electron chi connectivity index (χ0n) is 18.6. The number of fused-ring (bicyclic) bond motifs is 1. The molecule has 6 heteroatoms. The Bertz CT molecular complexity index is 1550. The topological polar surface area (TPSA) is 61.8 Å². The predicted molar refractivity (Wildman–Crippen MR) is 130 cm³/mol. The Morgan fingerprint density at radius 3 is 2.18 bits per heavy atom. The number of aryl methyl sites for hydroxylation is 1. The minimum atomic E-state index is -0.400. The zero-order valence-corrected chi connectivity index (χ0v) is 18.6. The van der Waals surface area contributed by atoms with Gasteiger partial charge < -0.3 is 4.57 Å². The minimum Gasteiger partial charge on any atom is -0.317 e. The second kappa shape index (κ2) is 8.39. The summed E-state index contributed by atoms with van der Waals surface area (Å²) in [5.41, 5.74) is 3.61. The van der Waals surface area contributed by atoms with Crippen LogP contribution in [-0.2, 0) is 6.54 Å². The van der Waals surface area contributed by atoms with Gasteiger partial charge in [-0.2, -0.15) is 0 Å². The molecular weight excluding hydrogens is 412 g/mol. The number of hydrogen-bond donors (Lipinski definition) is 0. The maximum Gasteiger partial charge on any atom is 0.337 e. The zero-order chi connectivity index (χ0) is 22.9. The van der Waals surface area contributed by atoms with E-state index in [-0.39, 0.29) is 18.1 Å². The van der Waals surface area contributed by atoms with Gasteiger partial charge in [0.05, 0.1) is 24.6 Å². The highest BCUT2D eigenvalue weighted by atomic mass is 16.2. The molecule has 0 aliphatic carbocycles. The van der Waals surface area contributed by atoms with E-state index in [0.29, 0.717) is 16.9 Å². The molecule has 0 amide bonds. The van der Waals surface area contributed by atoms with E-state index in [9.17, 15) is 9.59 Å². The summed E-state index contributed by atoms with van der Waals surface area (Å²) in [5, 5.41) is 0. The lowest BCUT2D eigenvalue weighted by Gasteiger charge is -2.17. The fourth-order valence-corrected chi connectivity index (χ4v) is 4.27. The SMILES string of the molecule is Cc1ccccc1-n1c(=O)n(Cc2ccccc2)c(=O)c2c1ncn2[C@@H](C)c1ccccc1. The van der Waals surface area contributed by atoms with Crippen molar-refractivity contribution in [3.8, 4) is 5.69 Å². The molecule has 0 aliphatic heterocycles. The maximum absolute atomic E-state index is 13.7. The number of aromatic nitrogens is 4. The fraction of sp³-hybridized carbons (Fsp3) is 0.148. The van der Waals surface area contributed by atoms with Crippen molar-refractivity contribution in [3.05, 3.63) is 129 Å². The van der Waals surface area contributed by atoms with Crippen molar-refractivity contribution in [2.24, 2.45) is 0 Å². The van der Waals surface area contributed by atoms with E-state index in [1.165, 1.54) is 4.57 Å². The first kappa shape index (κ1) is 20.7. The summed E-state index contributed by atoms with van der Waals surface area (Å²) in [4.78, 5) is 32.0. The first-order valence-corrected chi connectivity index (χ1v) is 10.9. The van der Waals surface area contributed by atoms with Crippen LogP contribution in [0.15, 0.2) is 101 Å². The van der Waals surface area contributed by atoms with Gasteiger partial charge in [-0.25, -0.2) is 14.3 Å². The molecule has 0 radical (unpaired) electrons. The number of benzene rings is 3. The lowest BCUT2D eigenvalue weighted by atomic mass is 10.1. The molecule has 6 nitrogen and oxygen atoms in total. The largest absolute Gasteiger partial charge is 0.337 e. The molecule has 0 saturated carbocycles. The van der Waals surface area contributed by atoms with Gasteiger partial charge in [-0.05, 0) is 36.6 Å². The molecule has 0 spiro atoms. The number of nitrogens with zero attached hydrogens (tertiary/aromatic N) is 4. The molecule has 0 bridgehead atoms. The van der Waals surface area contributed by atoms with Crippen molar-refractivity contribution in [1.82, 2.24) is 18.7 Å². The summed E-state index contributed by atoms with van der Waals surface area (Å²) in [7, 11) is 0. The van der Waals surface area contributed by atoms with Gasteiger partial charge >= 0.3 is 5.69 Å². The lowest BCUT2D eigenvalue weighted by molar-refractivity contribution is 0.639. The average Bonchev–Trinajstić information content (AvgIpc) is 3.29. The van der Waals surface area contributed by atoms with Gasteiger partial charge in [0.25, 0.3) is 5.56 Å². The third-order valence-electron chi connectivity index (χ3n) is 6.10. The highest BCUT2D eigenvalue weighted by Crippen LogP contribution is 2.23. The molecule has 3 aromatic carbocycles. The Labute approximate surface area is 191 Å². The van der Waals surface area contributed by atoms with Crippen LogP contribution in [0.25, 0.3) is 16.9 Å². The van der Waals surface area contributed by atoms with Crippen molar-refractivity contribution in [3.63, 3.8) is 0 Å². The minimum absolute atomic E-state index is 0.128. The molecule has 0 fully saturated rings. The van der Waals surface area contributed by atoms with Crippen LogP contribution in [-0.4, -0.2) is 18.7 Å². The summed E-state index contributed by atoms with van der Waals surface area (Å²) in [6.45, 7) is 4.16. The van der Waals surface area contributed by atoms with Crippen LogP contribution >= 0.6 is 0 Å². The Morgan fingerprint density at radius 1 is 0.848 bits per heavy atom. The summed E-state index contributed by atoms with van der Waals surface area (Å²) < 4.78 is 4.73. The van der Waals surface area contributed by atoms with Crippen LogP contribution in [0.3, 0.4) is 0 Å². The summed E-state index contributed by atoms with van der Waals surface area (Å²) in [6.07, 6.45) is 1.66. The molecule has 0 saturated heterocycles. The molecule has 0 unspecified atom stereocenters. The van der Waals surface area contributed by atoms with Crippen molar-refractivity contribution in [2.45, 2.75) is 26.4 Å². The monoisotopic (exact) mass is 436 g/mol. The highest BCUT2D eigenvalue weighted by molar-refractivity contribution is 5.73. The molecule has 5 rings (SSSR count). The van der Waals surface area contributed by atoms with Crippen molar-refractivity contribution in [1.29, 1.82) is 0 Å². The summed E-state index contributed by atoms with van der Waals surface area (Å²) >= 11 is 0. The van der Waals surface area contributed by atoms with E-state index < -0.39 is 5.69 Å². The van der Waals surface area contributed by atoms with Crippen LogP contribution < -0.4 is 11.2 Å². The Morgan fingerprint density at radius 2 is 1.48 bits per heavy atom. The molecule has 5 aromatic rings. The van der Waals surface area contributed by atoms with Crippen LogP contribution in [0.2, 0.25) is 0 Å². The van der Waals surface area contributed by atoms with Gasteiger partial charge in [-0.3, -0.25) is 9.36 Å². The first-order chi connectivity index (χ1) is 16.1. The van der Waals surface area contributed by atoms with E-state index >= 15 is 0 Å². The van der Waals surface area contributed by atoms with E-state index in [1.807, 2.05) is 103 Å². The predicted octanol–water partition coefficient (Wildman–Crippen LogP) is 4.31. The number of imidazole rings is 1. The van der Waals surface area contributed by atoms with E-state index in [0.717, 1.165) is 16.7 Å². The Hall–Kier alpha value is -4.19. The van der Waals surface area contributed by atoms with Gasteiger partial charge in [0, 0.05) is 0 Å². The molecule has 33 heavy (non-hydrogen) atoms. The second-order valence-corrected chi connectivity index (χ2v) is 8.19. The normalized spacial score (nSPS) is 12.2. The van der Waals surface area contributed by atoms with Gasteiger partial charge in [-0.1, -0.05) is 78.9 Å². The number of hydrogen-bond acceptors (Lipinski definition) is 3. The molecule has 0 N–H and O–H groups in total. The number of para-hydroxylation sites is 1. The molecule has 1 atom stereocenters. The van der Waals surface area contributed by atoms with Crippen molar-refractivity contribution in [2.75, 3.05) is 0 Å². The summed E-state index contributed by atoms with van der Waals surface area (Å²) in [5.74, 6) is 0. The van der Waals surface area contributed by atoms with E-state index in [1.54, 1.807) is 10.9 Å². The van der Waals surface area contributed by atoms with Crippen molar-refractivity contribution < 1.29 is 0 Å². The molecule has 0 aliphatic rings. The van der Waals surface area contributed by atoms with E-state index in [4.69, 9.17) is 0 Å². The third-order valence-corrected chi connectivity index (χ3v) is 6.10.